The van der Waals surface area contributed by atoms with E-state index in [4.69, 9.17) is 0 Å². The maximum atomic E-state index is 12.4. The van der Waals surface area contributed by atoms with E-state index in [0.717, 1.165) is 41.5 Å². The van der Waals surface area contributed by atoms with Gasteiger partial charge < -0.3 is 10.2 Å². The SMILES string of the molecule is Cc1cnc(C(=O)NC2CCC2)cc1Cc1ccc(C2=C=CN(C)C=C2)cc1. The lowest BCUT2D eigenvalue weighted by molar-refractivity contribution is 0.0911. The average Bonchev–Trinajstić information content (AvgIpc) is 2.67. The fourth-order valence-corrected chi connectivity index (χ4v) is 3.35. The third-order valence-electron chi connectivity index (χ3n) is 5.45. The number of aromatic nitrogens is 1. The maximum absolute atomic E-state index is 12.4. The third kappa shape index (κ3) is 4.08. The number of aryl methyl sites for hydroxylation is 1. The number of rotatable bonds is 5. The number of hydrogen-bond donors (Lipinski definition) is 1. The molecule has 0 atom stereocenters. The predicted octanol–water partition coefficient (Wildman–Crippen LogP) is 4.22. The summed E-state index contributed by atoms with van der Waals surface area (Å²) >= 11 is 0. The topological polar surface area (TPSA) is 45.2 Å². The smallest absolute Gasteiger partial charge is 0.270 e. The number of hydrogen-bond acceptors (Lipinski definition) is 3. The van der Waals surface area contributed by atoms with Gasteiger partial charge in [0.2, 0.25) is 0 Å². The quantitative estimate of drug-likeness (QED) is 0.801. The van der Waals surface area contributed by atoms with Gasteiger partial charge in [-0.15, -0.1) is 0 Å². The van der Waals surface area contributed by atoms with Crippen molar-refractivity contribution in [1.82, 2.24) is 15.2 Å². The molecule has 1 amide bonds. The van der Waals surface area contributed by atoms with Crippen LogP contribution in [-0.2, 0) is 6.42 Å². The van der Waals surface area contributed by atoms with Crippen LogP contribution >= 0.6 is 0 Å². The van der Waals surface area contributed by atoms with Crippen molar-refractivity contribution in [3.63, 3.8) is 0 Å². The van der Waals surface area contributed by atoms with E-state index in [1.54, 1.807) is 6.20 Å². The van der Waals surface area contributed by atoms with Gasteiger partial charge >= 0.3 is 0 Å². The molecule has 1 aliphatic heterocycles. The average molecular weight is 371 g/mol. The minimum Gasteiger partial charge on any atom is -0.351 e. The fraction of sp³-hybridized carbons (Fsp3) is 0.292. The second-order valence-corrected chi connectivity index (χ2v) is 7.64. The van der Waals surface area contributed by atoms with Crippen molar-refractivity contribution >= 4 is 11.5 Å². The van der Waals surface area contributed by atoms with E-state index in [9.17, 15) is 4.79 Å². The summed E-state index contributed by atoms with van der Waals surface area (Å²) in [7, 11) is 1.99. The Kier molecular flexibility index (Phi) is 5.14. The Bertz CT molecular complexity index is 977. The first-order valence-electron chi connectivity index (χ1n) is 9.81. The highest BCUT2D eigenvalue weighted by atomic mass is 16.1. The van der Waals surface area contributed by atoms with Crippen molar-refractivity contribution < 1.29 is 4.79 Å². The standard InChI is InChI=1S/C24H25N3O/c1-17-16-25-23(24(28)26-22-4-3-5-22)15-21(17)14-18-6-8-19(9-7-18)20-10-12-27(2)13-11-20/h6-10,12-13,15-16,22H,3-5,14H2,1-2H3,(H,26,28). The van der Waals surface area contributed by atoms with Gasteiger partial charge in [0.05, 0.1) is 0 Å². The van der Waals surface area contributed by atoms with Gasteiger partial charge in [0.25, 0.3) is 5.91 Å². The largest absolute Gasteiger partial charge is 0.351 e. The molecule has 2 heterocycles. The summed E-state index contributed by atoms with van der Waals surface area (Å²) in [5.41, 5.74) is 9.49. The molecule has 0 radical (unpaired) electrons. The highest BCUT2D eigenvalue weighted by molar-refractivity contribution is 5.92. The number of amides is 1. The normalized spacial score (nSPS) is 15.9. The van der Waals surface area contributed by atoms with E-state index in [2.05, 4.69) is 46.4 Å². The van der Waals surface area contributed by atoms with E-state index in [1.807, 2.05) is 37.3 Å². The molecule has 2 aromatic rings. The van der Waals surface area contributed by atoms with E-state index in [1.165, 1.54) is 12.0 Å². The van der Waals surface area contributed by atoms with Gasteiger partial charge in [-0.05, 0) is 67.0 Å². The Balaban J connectivity index is 1.49. The summed E-state index contributed by atoms with van der Waals surface area (Å²) in [6.07, 6.45) is 12.0. The molecule has 1 saturated carbocycles. The lowest BCUT2D eigenvalue weighted by Gasteiger charge is -2.26. The molecular formula is C24H25N3O. The summed E-state index contributed by atoms with van der Waals surface area (Å²) < 4.78 is 0. The molecule has 1 aromatic carbocycles. The van der Waals surface area contributed by atoms with E-state index < -0.39 is 0 Å². The van der Waals surface area contributed by atoms with Gasteiger partial charge in [-0.25, -0.2) is 0 Å². The zero-order valence-corrected chi connectivity index (χ0v) is 16.4. The van der Waals surface area contributed by atoms with Gasteiger partial charge in [0.1, 0.15) is 5.69 Å². The van der Waals surface area contributed by atoms with Crippen LogP contribution in [-0.4, -0.2) is 28.9 Å². The van der Waals surface area contributed by atoms with Crippen molar-refractivity contribution in [3.05, 3.63) is 88.7 Å². The summed E-state index contributed by atoms with van der Waals surface area (Å²) in [5, 5.41) is 3.07. The van der Waals surface area contributed by atoms with E-state index in [0.29, 0.717) is 11.7 Å². The van der Waals surface area contributed by atoms with Crippen molar-refractivity contribution in [2.24, 2.45) is 0 Å². The molecule has 1 aliphatic carbocycles. The van der Waals surface area contributed by atoms with Crippen molar-refractivity contribution in [1.29, 1.82) is 0 Å². The highest BCUT2D eigenvalue weighted by Gasteiger charge is 2.21. The predicted molar refractivity (Wildman–Crippen MR) is 112 cm³/mol. The van der Waals surface area contributed by atoms with Crippen LogP contribution in [0.1, 0.15) is 52.0 Å². The van der Waals surface area contributed by atoms with Crippen LogP contribution in [0.4, 0.5) is 0 Å². The number of carbonyl (C=O) groups excluding carboxylic acids is 1. The van der Waals surface area contributed by atoms with Crippen molar-refractivity contribution in [2.75, 3.05) is 7.05 Å². The Labute approximate surface area is 166 Å². The summed E-state index contributed by atoms with van der Waals surface area (Å²) in [6, 6.07) is 10.8. The molecule has 4 heteroatoms. The Morgan fingerprint density at radius 3 is 2.71 bits per heavy atom. The summed E-state index contributed by atoms with van der Waals surface area (Å²) in [6.45, 7) is 2.04. The van der Waals surface area contributed by atoms with Crippen molar-refractivity contribution in [3.8, 4) is 0 Å². The van der Waals surface area contributed by atoms with Crippen LogP contribution < -0.4 is 5.32 Å². The van der Waals surface area contributed by atoms with Gasteiger partial charge in [0.15, 0.2) is 0 Å². The van der Waals surface area contributed by atoms with E-state index in [-0.39, 0.29) is 5.91 Å². The second kappa shape index (κ2) is 7.87. The first kappa shape index (κ1) is 18.3. The molecule has 1 aromatic heterocycles. The zero-order valence-electron chi connectivity index (χ0n) is 16.4. The Hall–Kier alpha value is -3.10. The molecule has 0 saturated heterocycles. The van der Waals surface area contributed by atoms with Crippen LogP contribution in [0.3, 0.4) is 0 Å². The molecule has 0 unspecified atom stereocenters. The molecule has 142 valence electrons. The van der Waals surface area contributed by atoms with Crippen LogP contribution in [0.5, 0.6) is 0 Å². The zero-order chi connectivity index (χ0) is 19.5. The lowest BCUT2D eigenvalue weighted by Crippen LogP contribution is -2.39. The molecule has 4 rings (SSSR count). The molecule has 28 heavy (non-hydrogen) atoms. The number of nitrogens with one attached hydrogen (secondary N) is 1. The summed E-state index contributed by atoms with van der Waals surface area (Å²) in [5.74, 6) is -0.0610. The first-order chi connectivity index (χ1) is 13.6. The number of carbonyl (C=O) groups is 1. The minimum atomic E-state index is -0.0610. The molecule has 1 fully saturated rings. The third-order valence-corrected chi connectivity index (χ3v) is 5.45. The lowest BCUT2D eigenvalue weighted by atomic mass is 9.93. The maximum Gasteiger partial charge on any atom is 0.270 e. The van der Waals surface area contributed by atoms with Gasteiger partial charge in [-0.3, -0.25) is 9.78 Å². The minimum absolute atomic E-state index is 0.0610. The van der Waals surface area contributed by atoms with Gasteiger partial charge in [-0.2, -0.15) is 0 Å². The Morgan fingerprint density at radius 1 is 1.29 bits per heavy atom. The number of benzene rings is 1. The van der Waals surface area contributed by atoms with E-state index >= 15 is 0 Å². The monoisotopic (exact) mass is 371 g/mol. The fourth-order valence-electron chi connectivity index (χ4n) is 3.35. The molecule has 0 spiro atoms. The molecular weight excluding hydrogens is 346 g/mol. The molecule has 0 bridgehead atoms. The number of allylic oxidation sites excluding steroid dienone is 2. The van der Waals surface area contributed by atoms with Crippen LogP contribution in [0.15, 0.2) is 60.7 Å². The Morgan fingerprint density at radius 2 is 2.07 bits per heavy atom. The van der Waals surface area contributed by atoms with Gasteiger partial charge in [0, 0.05) is 37.3 Å². The highest BCUT2D eigenvalue weighted by Crippen LogP contribution is 2.21. The number of pyridine rings is 1. The van der Waals surface area contributed by atoms with Crippen LogP contribution in [0.25, 0.3) is 5.57 Å². The van der Waals surface area contributed by atoms with Crippen LogP contribution in [0, 0.1) is 6.92 Å². The molecule has 1 N–H and O–H groups in total. The second-order valence-electron chi connectivity index (χ2n) is 7.64. The molecule has 4 nitrogen and oxygen atoms in total. The van der Waals surface area contributed by atoms with Crippen molar-refractivity contribution in [2.45, 2.75) is 38.6 Å². The number of nitrogens with zero attached hydrogens (tertiary/aromatic N) is 2. The first-order valence-corrected chi connectivity index (χ1v) is 9.81. The van der Waals surface area contributed by atoms with Gasteiger partial charge in [-0.1, -0.05) is 30.0 Å². The summed E-state index contributed by atoms with van der Waals surface area (Å²) in [4.78, 5) is 18.7. The molecule has 2 aliphatic rings. The van der Waals surface area contributed by atoms with Crippen LogP contribution in [0.2, 0.25) is 0 Å².